The van der Waals surface area contributed by atoms with E-state index in [1.807, 2.05) is 0 Å². The molecule has 2 heterocycles. The number of aromatic amines is 1. The summed E-state index contributed by atoms with van der Waals surface area (Å²) in [4.78, 5) is 14.6. The second kappa shape index (κ2) is 4.32. The van der Waals surface area contributed by atoms with Gasteiger partial charge in [0.15, 0.2) is 0 Å². The molecule has 0 aromatic carbocycles. The number of nitrogens with zero attached hydrogens (tertiary/aromatic N) is 3. The van der Waals surface area contributed by atoms with Crippen LogP contribution in [-0.4, -0.2) is 31.5 Å². The van der Waals surface area contributed by atoms with Gasteiger partial charge >= 0.3 is 5.97 Å². The molecule has 0 aliphatic rings. The van der Waals surface area contributed by atoms with Crippen molar-refractivity contribution in [3.8, 4) is 24.1 Å². The van der Waals surface area contributed by atoms with Gasteiger partial charge in [0.1, 0.15) is 0 Å². The summed E-state index contributed by atoms with van der Waals surface area (Å²) >= 11 is 0. The van der Waals surface area contributed by atoms with Crippen molar-refractivity contribution in [1.29, 1.82) is 0 Å². The summed E-state index contributed by atoms with van der Waals surface area (Å²) in [6.07, 6.45) is 6.60. The molecular weight excluding hydrogens is 224 g/mol. The van der Waals surface area contributed by atoms with Crippen LogP contribution in [0.4, 0.5) is 0 Å². The average Bonchev–Trinajstić information content (AvgIpc) is 2.78. The number of pyridine rings is 1. The Hall–Kier alpha value is -2.88. The Balaban J connectivity index is 2.23. The molecule has 0 amide bonds. The maximum atomic E-state index is 10.7. The van der Waals surface area contributed by atoms with Gasteiger partial charge in [0, 0.05) is 17.8 Å². The fourth-order valence-electron chi connectivity index (χ4n) is 1.06. The van der Waals surface area contributed by atoms with Gasteiger partial charge < -0.3 is 9.84 Å². The highest BCUT2D eigenvalue weighted by atomic mass is 16.5. The number of hydrogen-bond donors (Lipinski definition) is 2. The monoisotopic (exact) mass is 230 g/mol. The largest absolute Gasteiger partial charge is 0.476 e. The van der Waals surface area contributed by atoms with E-state index in [9.17, 15) is 4.79 Å². The zero-order valence-electron chi connectivity index (χ0n) is 8.41. The molecule has 0 aliphatic carbocycles. The lowest BCUT2D eigenvalue weighted by molar-refractivity contribution is 0.0687. The predicted molar refractivity (Wildman–Crippen MR) is 55.6 cm³/mol. The van der Waals surface area contributed by atoms with E-state index in [0.29, 0.717) is 5.56 Å². The van der Waals surface area contributed by atoms with E-state index in [1.54, 1.807) is 6.07 Å². The molecule has 0 spiro atoms. The van der Waals surface area contributed by atoms with Gasteiger partial charge in [0.05, 0.1) is 0 Å². The Morgan fingerprint density at radius 1 is 1.53 bits per heavy atom. The zero-order chi connectivity index (χ0) is 12.3. The number of rotatable bonds is 3. The maximum Gasteiger partial charge on any atom is 0.362 e. The predicted octanol–water partition coefficient (Wildman–Crippen LogP) is 0.671. The molecule has 7 nitrogen and oxygen atoms in total. The van der Waals surface area contributed by atoms with Crippen LogP contribution in [0, 0.1) is 12.3 Å². The second-order valence-corrected chi connectivity index (χ2v) is 2.93. The molecule has 0 bridgehead atoms. The van der Waals surface area contributed by atoms with Gasteiger partial charge in [0.2, 0.25) is 11.6 Å². The maximum absolute atomic E-state index is 10.7. The Kier molecular flexibility index (Phi) is 2.70. The van der Waals surface area contributed by atoms with Crippen LogP contribution in [0.3, 0.4) is 0 Å². The van der Waals surface area contributed by atoms with Crippen molar-refractivity contribution in [3.05, 3.63) is 29.6 Å². The number of terminal acetylenes is 1. The van der Waals surface area contributed by atoms with E-state index in [2.05, 4.69) is 26.3 Å². The van der Waals surface area contributed by atoms with Crippen LogP contribution in [0.25, 0.3) is 0 Å². The number of nitrogens with one attached hydrogen (secondary N) is 1. The summed E-state index contributed by atoms with van der Waals surface area (Å²) < 4.78 is 5.17. The van der Waals surface area contributed by atoms with Gasteiger partial charge in [-0.1, -0.05) is 11.1 Å². The third-order valence-corrected chi connectivity index (χ3v) is 1.83. The van der Waals surface area contributed by atoms with Crippen molar-refractivity contribution in [2.75, 3.05) is 0 Å². The number of hydrogen-bond acceptors (Lipinski definition) is 5. The summed E-state index contributed by atoms with van der Waals surface area (Å²) in [5.74, 6) is 1.26. The summed E-state index contributed by atoms with van der Waals surface area (Å²) in [5, 5.41) is 17.8. The molecule has 0 atom stereocenters. The van der Waals surface area contributed by atoms with E-state index < -0.39 is 5.97 Å². The Bertz CT molecular complexity index is 582. The van der Waals surface area contributed by atoms with Crippen molar-refractivity contribution in [1.82, 2.24) is 20.4 Å². The quantitative estimate of drug-likeness (QED) is 0.751. The normalized spacial score (nSPS) is 9.59. The Morgan fingerprint density at radius 2 is 2.35 bits per heavy atom. The van der Waals surface area contributed by atoms with E-state index in [1.165, 1.54) is 12.3 Å². The lowest BCUT2D eigenvalue weighted by Gasteiger charge is -2.01. The molecule has 2 aromatic rings. The second-order valence-electron chi connectivity index (χ2n) is 2.93. The minimum absolute atomic E-state index is 0.0848. The van der Waals surface area contributed by atoms with E-state index in [4.69, 9.17) is 16.3 Å². The van der Waals surface area contributed by atoms with Crippen LogP contribution in [0.1, 0.15) is 16.1 Å². The van der Waals surface area contributed by atoms with Crippen LogP contribution in [0.5, 0.6) is 11.8 Å². The number of aromatic nitrogens is 4. The van der Waals surface area contributed by atoms with Crippen LogP contribution in [0.2, 0.25) is 0 Å². The summed E-state index contributed by atoms with van der Waals surface area (Å²) in [7, 11) is 0. The smallest absolute Gasteiger partial charge is 0.362 e. The SMILES string of the molecule is C#Cc1ccc(Oc2[nH]nnc2C(=O)O)nc1. The highest BCUT2D eigenvalue weighted by Gasteiger charge is 2.16. The molecule has 2 rings (SSSR count). The molecule has 0 aliphatic heterocycles. The average molecular weight is 230 g/mol. The van der Waals surface area contributed by atoms with Crippen molar-refractivity contribution in [2.45, 2.75) is 0 Å². The molecule has 0 fully saturated rings. The third-order valence-electron chi connectivity index (χ3n) is 1.83. The van der Waals surface area contributed by atoms with E-state index >= 15 is 0 Å². The number of carboxylic acid groups (broad SMARTS) is 1. The first kappa shape index (κ1) is 10.6. The highest BCUT2D eigenvalue weighted by molar-refractivity contribution is 5.87. The molecule has 84 valence electrons. The van der Waals surface area contributed by atoms with Gasteiger partial charge in [-0.25, -0.2) is 14.9 Å². The van der Waals surface area contributed by atoms with Crippen LogP contribution in [-0.2, 0) is 0 Å². The van der Waals surface area contributed by atoms with Crippen molar-refractivity contribution < 1.29 is 14.6 Å². The minimum atomic E-state index is -1.24. The Labute approximate surface area is 95.5 Å². The molecule has 17 heavy (non-hydrogen) atoms. The molecule has 2 N–H and O–H groups in total. The number of aromatic carboxylic acids is 1. The van der Waals surface area contributed by atoms with E-state index in [-0.39, 0.29) is 17.5 Å². The topological polar surface area (TPSA) is 101 Å². The Morgan fingerprint density at radius 3 is 2.94 bits per heavy atom. The minimum Gasteiger partial charge on any atom is -0.476 e. The molecule has 0 saturated carbocycles. The first-order valence-electron chi connectivity index (χ1n) is 4.45. The molecule has 7 heteroatoms. The van der Waals surface area contributed by atoms with Gasteiger partial charge in [-0.05, 0) is 6.07 Å². The molecular formula is C10H6N4O3. The zero-order valence-corrected chi connectivity index (χ0v) is 8.41. The first-order chi connectivity index (χ1) is 8.20. The fourth-order valence-corrected chi connectivity index (χ4v) is 1.06. The highest BCUT2D eigenvalue weighted by Crippen LogP contribution is 2.19. The molecule has 0 radical (unpaired) electrons. The summed E-state index contributed by atoms with van der Waals surface area (Å²) in [6.45, 7) is 0. The number of H-pyrrole nitrogens is 1. The van der Waals surface area contributed by atoms with Crippen LogP contribution >= 0.6 is 0 Å². The summed E-state index contributed by atoms with van der Waals surface area (Å²) in [5.41, 5.74) is 0.284. The fraction of sp³-hybridized carbons (Fsp3) is 0. The lowest BCUT2D eigenvalue weighted by atomic mass is 10.3. The van der Waals surface area contributed by atoms with Gasteiger partial charge in [-0.2, -0.15) is 0 Å². The number of carbonyl (C=O) groups is 1. The number of ether oxygens (including phenoxy) is 1. The summed E-state index contributed by atoms with van der Waals surface area (Å²) in [6, 6.07) is 3.13. The molecule has 2 aromatic heterocycles. The number of carboxylic acids is 1. The van der Waals surface area contributed by atoms with E-state index in [0.717, 1.165) is 0 Å². The van der Waals surface area contributed by atoms with Gasteiger partial charge in [-0.15, -0.1) is 11.5 Å². The van der Waals surface area contributed by atoms with Gasteiger partial charge in [-0.3, -0.25) is 0 Å². The molecule has 0 unspecified atom stereocenters. The van der Waals surface area contributed by atoms with Crippen molar-refractivity contribution >= 4 is 5.97 Å². The third kappa shape index (κ3) is 2.21. The van der Waals surface area contributed by atoms with Gasteiger partial charge in [0.25, 0.3) is 5.88 Å². The van der Waals surface area contributed by atoms with Crippen molar-refractivity contribution in [2.24, 2.45) is 0 Å². The standard InChI is InChI=1S/C10H6N4O3/c1-2-6-3-4-7(11-5-6)17-9-8(10(15)16)12-14-13-9/h1,3-5H,(H,15,16)(H,12,13,14). The van der Waals surface area contributed by atoms with Crippen LogP contribution in [0.15, 0.2) is 18.3 Å². The molecule has 0 saturated heterocycles. The van der Waals surface area contributed by atoms with Crippen molar-refractivity contribution in [3.63, 3.8) is 0 Å². The van der Waals surface area contributed by atoms with Crippen LogP contribution < -0.4 is 4.74 Å². The lowest BCUT2D eigenvalue weighted by Crippen LogP contribution is -2.00. The first-order valence-corrected chi connectivity index (χ1v) is 4.45.